The molecule has 0 aromatic heterocycles. The lowest BCUT2D eigenvalue weighted by Gasteiger charge is -2.70. The number of carbonyl (C=O) groups is 3. The Morgan fingerprint density at radius 3 is 2.27 bits per heavy atom. The summed E-state index contributed by atoms with van der Waals surface area (Å²) in [6, 6.07) is 5.45. The Kier molecular flexibility index (Phi) is 8.32. The van der Waals surface area contributed by atoms with Gasteiger partial charge in [-0.25, -0.2) is 4.79 Å². The first kappa shape index (κ1) is 34.8. The Morgan fingerprint density at radius 1 is 0.896 bits per heavy atom. The Hall–Kier alpha value is -3.09. The first-order valence-corrected chi connectivity index (χ1v) is 18.0. The number of aliphatic carboxylic acids is 1. The lowest BCUT2D eigenvalue weighted by Crippen LogP contribution is -2.66. The highest BCUT2D eigenvalue weighted by molar-refractivity contribution is 5.96. The molecular formula is C41H56O7. The molecule has 1 N–H and O–H groups in total. The molecule has 4 saturated carbocycles. The smallest absolute Gasteiger partial charge is 0.331 e. The highest BCUT2D eigenvalue weighted by atomic mass is 16.5. The normalized spacial score (nSPS) is 41.6. The summed E-state index contributed by atoms with van der Waals surface area (Å²) in [7, 11) is 3.20. The second kappa shape index (κ2) is 11.5. The lowest BCUT2D eigenvalue weighted by molar-refractivity contribution is -0.209. The number of fused-ring (bicyclic) bond motifs is 7. The molecule has 0 saturated heterocycles. The Labute approximate surface area is 286 Å². The molecule has 5 aliphatic carbocycles. The van der Waals surface area contributed by atoms with Crippen LogP contribution >= 0.6 is 0 Å². The van der Waals surface area contributed by atoms with Gasteiger partial charge >= 0.3 is 11.9 Å². The Morgan fingerprint density at radius 2 is 1.60 bits per heavy atom. The monoisotopic (exact) mass is 660 g/mol. The van der Waals surface area contributed by atoms with Gasteiger partial charge in [0.15, 0.2) is 5.78 Å². The number of benzene rings is 1. The number of carboxylic acid groups (broad SMARTS) is 1. The fraction of sp³-hybridized carbons (Fsp3) is 0.683. The average molecular weight is 661 g/mol. The van der Waals surface area contributed by atoms with Crippen molar-refractivity contribution in [2.75, 3.05) is 14.2 Å². The number of allylic oxidation sites excluding steroid dienone is 2. The van der Waals surface area contributed by atoms with Crippen molar-refractivity contribution in [2.45, 2.75) is 112 Å². The molecule has 0 heterocycles. The van der Waals surface area contributed by atoms with Gasteiger partial charge in [0.25, 0.3) is 0 Å². The zero-order valence-electron chi connectivity index (χ0n) is 30.5. The molecule has 4 fully saturated rings. The summed E-state index contributed by atoms with van der Waals surface area (Å²) < 4.78 is 17.0. The second-order valence-electron chi connectivity index (χ2n) is 17.8. The molecule has 0 aliphatic heterocycles. The maximum absolute atomic E-state index is 14.6. The Bertz CT molecular complexity index is 1570. The van der Waals surface area contributed by atoms with Crippen LogP contribution in [0.5, 0.6) is 11.5 Å². The van der Waals surface area contributed by atoms with Crippen molar-refractivity contribution in [1.29, 1.82) is 0 Å². The van der Waals surface area contributed by atoms with Gasteiger partial charge in [0.2, 0.25) is 0 Å². The van der Waals surface area contributed by atoms with E-state index in [1.165, 1.54) is 11.6 Å². The number of carboxylic acids is 1. The number of hydrogen-bond donors (Lipinski definition) is 1. The van der Waals surface area contributed by atoms with E-state index in [4.69, 9.17) is 14.2 Å². The first-order valence-electron chi connectivity index (χ1n) is 18.0. The van der Waals surface area contributed by atoms with Crippen LogP contribution in [0.25, 0.3) is 6.08 Å². The summed E-state index contributed by atoms with van der Waals surface area (Å²) in [6.45, 7) is 15.8. The van der Waals surface area contributed by atoms with Crippen LogP contribution in [-0.2, 0) is 19.1 Å². The maximum atomic E-state index is 14.6. The number of esters is 1. The molecule has 0 radical (unpaired) electrons. The molecule has 1 aromatic rings. The van der Waals surface area contributed by atoms with Crippen molar-refractivity contribution in [3.05, 3.63) is 41.5 Å². The molecule has 9 atom stereocenters. The third-order valence-electron chi connectivity index (χ3n) is 15.1. The molecule has 6 rings (SSSR count). The second-order valence-corrected chi connectivity index (χ2v) is 17.8. The topological polar surface area (TPSA) is 99.1 Å². The molecule has 1 aromatic carbocycles. The third-order valence-corrected chi connectivity index (χ3v) is 15.1. The van der Waals surface area contributed by atoms with Gasteiger partial charge < -0.3 is 19.3 Å². The van der Waals surface area contributed by atoms with Crippen LogP contribution in [0.2, 0.25) is 0 Å². The highest BCUT2D eigenvalue weighted by Crippen LogP contribution is 2.75. The van der Waals surface area contributed by atoms with Crippen LogP contribution in [-0.4, -0.2) is 43.2 Å². The summed E-state index contributed by atoms with van der Waals surface area (Å²) in [5, 5.41) is 10.2. The summed E-state index contributed by atoms with van der Waals surface area (Å²) in [4.78, 5) is 40.3. The molecule has 262 valence electrons. The molecule has 7 nitrogen and oxygen atoms in total. The van der Waals surface area contributed by atoms with Crippen molar-refractivity contribution in [3.8, 4) is 11.5 Å². The molecule has 48 heavy (non-hydrogen) atoms. The predicted octanol–water partition coefficient (Wildman–Crippen LogP) is 8.69. The SMILES string of the molecule is COc1ccc(OC)c(/C=C/C(=O)O[C@H]2CC[C@]3(C)[C@H]4C(=O)C=C5[C@H]6C[C@@](C)(C(=O)O)CC[C@]6(C)CC[C@@]5(C)[C@]4(C)CC[C@H]3C2(C)C)c1. The van der Waals surface area contributed by atoms with Crippen LogP contribution in [0.15, 0.2) is 35.9 Å². The highest BCUT2D eigenvalue weighted by Gasteiger charge is 2.70. The van der Waals surface area contributed by atoms with Gasteiger partial charge in [-0.3, -0.25) is 9.59 Å². The minimum absolute atomic E-state index is 0.0287. The van der Waals surface area contributed by atoms with E-state index in [1.807, 2.05) is 31.2 Å². The van der Waals surface area contributed by atoms with Gasteiger partial charge in [-0.05, 0) is 129 Å². The number of hydrogen-bond acceptors (Lipinski definition) is 6. The summed E-state index contributed by atoms with van der Waals surface area (Å²) in [5.74, 6) is 0.623. The van der Waals surface area contributed by atoms with Gasteiger partial charge in [0.05, 0.1) is 19.6 Å². The zero-order chi connectivity index (χ0) is 35.1. The lowest BCUT2D eigenvalue weighted by atomic mass is 9.33. The summed E-state index contributed by atoms with van der Waals surface area (Å²) in [5.41, 5.74) is 0.273. The number of rotatable bonds is 6. The van der Waals surface area contributed by atoms with Crippen LogP contribution in [0.1, 0.15) is 112 Å². The molecule has 0 amide bonds. The van der Waals surface area contributed by atoms with E-state index in [0.29, 0.717) is 30.8 Å². The van der Waals surface area contributed by atoms with Crippen molar-refractivity contribution < 1.29 is 33.7 Å². The molecule has 0 spiro atoms. The van der Waals surface area contributed by atoms with Gasteiger partial charge in [-0.1, -0.05) is 47.1 Å². The largest absolute Gasteiger partial charge is 0.497 e. The molecular weight excluding hydrogens is 604 g/mol. The minimum atomic E-state index is -0.761. The van der Waals surface area contributed by atoms with Gasteiger partial charge in [-0.15, -0.1) is 0 Å². The van der Waals surface area contributed by atoms with Crippen LogP contribution in [0.4, 0.5) is 0 Å². The molecule has 0 unspecified atom stereocenters. The fourth-order valence-electron chi connectivity index (χ4n) is 11.9. The summed E-state index contributed by atoms with van der Waals surface area (Å²) in [6.07, 6.45) is 12.6. The first-order chi connectivity index (χ1) is 22.4. The minimum Gasteiger partial charge on any atom is -0.497 e. The third kappa shape index (κ3) is 4.99. The Balaban J connectivity index is 1.27. The number of carbonyl (C=O) groups excluding carboxylic acids is 2. The van der Waals surface area contributed by atoms with E-state index in [1.54, 1.807) is 20.3 Å². The number of ether oxygens (including phenoxy) is 3. The predicted molar refractivity (Wildman–Crippen MR) is 186 cm³/mol. The zero-order valence-corrected chi connectivity index (χ0v) is 30.5. The maximum Gasteiger partial charge on any atom is 0.331 e. The van der Waals surface area contributed by atoms with Gasteiger partial charge in [-0.2, -0.15) is 0 Å². The van der Waals surface area contributed by atoms with Gasteiger partial charge in [0, 0.05) is 23.0 Å². The van der Waals surface area contributed by atoms with E-state index in [9.17, 15) is 19.5 Å². The average Bonchev–Trinajstić information content (AvgIpc) is 3.03. The van der Waals surface area contributed by atoms with E-state index in [-0.39, 0.29) is 62.7 Å². The quantitative estimate of drug-likeness (QED) is 0.241. The van der Waals surface area contributed by atoms with E-state index < -0.39 is 11.4 Å². The van der Waals surface area contributed by atoms with Crippen molar-refractivity contribution in [3.63, 3.8) is 0 Å². The van der Waals surface area contributed by atoms with Crippen molar-refractivity contribution in [1.82, 2.24) is 0 Å². The van der Waals surface area contributed by atoms with Crippen molar-refractivity contribution >= 4 is 23.8 Å². The van der Waals surface area contributed by atoms with E-state index >= 15 is 0 Å². The fourth-order valence-corrected chi connectivity index (χ4v) is 11.9. The van der Waals surface area contributed by atoms with Crippen molar-refractivity contribution in [2.24, 2.45) is 50.2 Å². The summed E-state index contributed by atoms with van der Waals surface area (Å²) >= 11 is 0. The van der Waals surface area contributed by atoms with Crippen LogP contribution in [0, 0.1) is 50.2 Å². The number of methoxy groups -OCH3 is 2. The number of ketones is 1. The van der Waals surface area contributed by atoms with Gasteiger partial charge in [0.1, 0.15) is 17.6 Å². The van der Waals surface area contributed by atoms with E-state index in [2.05, 4.69) is 41.5 Å². The van der Waals surface area contributed by atoms with E-state index in [0.717, 1.165) is 44.1 Å². The van der Waals surface area contributed by atoms with Crippen LogP contribution in [0.3, 0.4) is 0 Å². The molecule has 5 aliphatic rings. The van der Waals surface area contributed by atoms with Crippen LogP contribution < -0.4 is 9.47 Å². The standard InChI is InChI=1S/C41H56O7/c1-36(2)31-14-17-41(7)34(29(42)23-27-28-24-38(4,35(44)45)19-18-37(28,3)20-21-40(27,41)6)39(31,5)16-15-32(36)48-33(43)13-10-25-22-26(46-8)11-12-30(25)47-9/h10-13,22-23,28,31-32,34H,14-21,24H2,1-9H3,(H,44,45)/b13-10+/t28-,31+,32+,34-,37-,38+,39+,40-,41-/m1/s1. The molecule has 7 heteroatoms. The molecule has 0 bridgehead atoms.